The molecule has 0 radical (unpaired) electrons. The predicted octanol–water partition coefficient (Wildman–Crippen LogP) is -1.56. The summed E-state index contributed by atoms with van der Waals surface area (Å²) < 4.78 is 0. The summed E-state index contributed by atoms with van der Waals surface area (Å²) >= 11 is 0. The Bertz CT molecular complexity index is 120. The van der Waals surface area contributed by atoms with Crippen molar-refractivity contribution in [2.24, 2.45) is 5.92 Å². The van der Waals surface area contributed by atoms with Crippen LogP contribution in [0.3, 0.4) is 0 Å². The normalized spacial score (nSPS) is 24.9. The minimum Gasteiger partial charge on any atom is -0.875 e. The van der Waals surface area contributed by atoms with E-state index in [-0.39, 0.29) is 18.9 Å². The van der Waals surface area contributed by atoms with Gasteiger partial charge in [-0.2, -0.15) is 0 Å². The van der Waals surface area contributed by atoms with Gasteiger partial charge in [-0.25, -0.2) is 0 Å². The van der Waals surface area contributed by atoms with E-state index in [0.717, 1.165) is 19.3 Å². The quantitative estimate of drug-likeness (QED) is 0.396. The summed E-state index contributed by atoms with van der Waals surface area (Å²) in [5.41, 5.74) is 0. The van der Waals surface area contributed by atoms with Crippen LogP contribution in [0.4, 0.5) is 0 Å². The molecule has 0 saturated carbocycles. The molecule has 0 saturated heterocycles. The standard InChI is InChI=1S/C8H14O.Li/c1-2-7-5-3-4-6-8(7)9;/h6-7,9H,2-5H2,1H3;/q;+1/p-1. The van der Waals surface area contributed by atoms with E-state index >= 15 is 0 Å². The van der Waals surface area contributed by atoms with Crippen LogP contribution in [0.2, 0.25) is 0 Å². The smallest absolute Gasteiger partial charge is 0.875 e. The van der Waals surface area contributed by atoms with Crippen molar-refractivity contribution >= 4 is 0 Å². The van der Waals surface area contributed by atoms with Crippen molar-refractivity contribution in [2.75, 3.05) is 0 Å². The van der Waals surface area contributed by atoms with E-state index in [0.29, 0.717) is 11.7 Å². The summed E-state index contributed by atoms with van der Waals surface area (Å²) in [7, 11) is 0. The number of rotatable bonds is 1. The van der Waals surface area contributed by atoms with Gasteiger partial charge in [0.15, 0.2) is 0 Å². The minimum atomic E-state index is 0. The van der Waals surface area contributed by atoms with Crippen molar-refractivity contribution in [3.05, 3.63) is 11.8 Å². The summed E-state index contributed by atoms with van der Waals surface area (Å²) in [4.78, 5) is 0. The van der Waals surface area contributed by atoms with E-state index in [1.165, 1.54) is 6.42 Å². The van der Waals surface area contributed by atoms with Crippen molar-refractivity contribution < 1.29 is 24.0 Å². The van der Waals surface area contributed by atoms with Crippen LogP contribution in [0.5, 0.6) is 0 Å². The molecule has 1 aliphatic carbocycles. The Morgan fingerprint density at radius 3 is 2.80 bits per heavy atom. The van der Waals surface area contributed by atoms with E-state index in [9.17, 15) is 5.11 Å². The van der Waals surface area contributed by atoms with Crippen molar-refractivity contribution in [2.45, 2.75) is 32.6 Å². The molecule has 10 heavy (non-hydrogen) atoms. The number of allylic oxidation sites excluding steroid dienone is 2. The summed E-state index contributed by atoms with van der Waals surface area (Å²) in [5.74, 6) is 0.738. The Labute approximate surface area is 74.7 Å². The maximum Gasteiger partial charge on any atom is 1.00 e. The molecule has 0 N–H and O–H groups in total. The van der Waals surface area contributed by atoms with Crippen LogP contribution in [-0.2, 0) is 0 Å². The van der Waals surface area contributed by atoms with E-state index in [1.807, 2.05) is 6.08 Å². The third kappa shape index (κ3) is 2.40. The topological polar surface area (TPSA) is 23.1 Å². The molecule has 1 atom stereocenters. The van der Waals surface area contributed by atoms with E-state index in [4.69, 9.17) is 0 Å². The van der Waals surface area contributed by atoms with Crippen LogP contribution in [-0.4, -0.2) is 0 Å². The molecular formula is C8H13LiO. The first-order valence-electron chi connectivity index (χ1n) is 3.71. The average Bonchev–Trinajstić information content (AvgIpc) is 1.89. The zero-order valence-corrected chi connectivity index (χ0v) is 6.89. The van der Waals surface area contributed by atoms with Gasteiger partial charge >= 0.3 is 18.9 Å². The molecule has 0 aromatic heterocycles. The fraction of sp³-hybridized carbons (Fsp3) is 0.750. The number of hydrogen-bond acceptors (Lipinski definition) is 1. The van der Waals surface area contributed by atoms with Crippen molar-refractivity contribution in [3.8, 4) is 0 Å². The molecule has 52 valence electrons. The second-order valence-corrected chi connectivity index (χ2v) is 2.64. The van der Waals surface area contributed by atoms with Crippen molar-refractivity contribution in [1.29, 1.82) is 0 Å². The van der Waals surface area contributed by atoms with E-state index in [2.05, 4.69) is 6.92 Å². The Kier molecular flexibility index (Phi) is 4.94. The van der Waals surface area contributed by atoms with Gasteiger partial charge in [-0.05, 0) is 25.2 Å². The molecule has 1 nitrogen and oxygen atoms in total. The van der Waals surface area contributed by atoms with Crippen LogP contribution < -0.4 is 24.0 Å². The Hall–Kier alpha value is 0.137. The largest absolute Gasteiger partial charge is 1.00 e. The van der Waals surface area contributed by atoms with Crippen LogP contribution in [0.15, 0.2) is 11.8 Å². The van der Waals surface area contributed by atoms with Crippen LogP contribution in [0.1, 0.15) is 32.6 Å². The molecule has 1 aliphatic rings. The first-order valence-corrected chi connectivity index (χ1v) is 3.71. The molecule has 1 rings (SSSR count). The van der Waals surface area contributed by atoms with Gasteiger partial charge in [0.25, 0.3) is 0 Å². The van der Waals surface area contributed by atoms with Gasteiger partial charge in [0.2, 0.25) is 0 Å². The molecular weight excluding hydrogens is 119 g/mol. The third-order valence-electron chi connectivity index (χ3n) is 2.00. The molecule has 0 heterocycles. The molecule has 0 amide bonds. The summed E-state index contributed by atoms with van der Waals surface area (Å²) in [6, 6.07) is 0. The zero-order chi connectivity index (χ0) is 6.69. The van der Waals surface area contributed by atoms with Gasteiger partial charge in [-0.1, -0.05) is 19.4 Å². The van der Waals surface area contributed by atoms with Crippen LogP contribution in [0, 0.1) is 5.92 Å². The Morgan fingerprint density at radius 1 is 1.70 bits per heavy atom. The van der Waals surface area contributed by atoms with Crippen molar-refractivity contribution in [1.82, 2.24) is 0 Å². The molecule has 0 aromatic carbocycles. The van der Waals surface area contributed by atoms with Gasteiger partial charge in [-0.3, -0.25) is 0 Å². The van der Waals surface area contributed by atoms with Crippen LogP contribution in [0.25, 0.3) is 0 Å². The number of hydrogen-bond donors (Lipinski definition) is 0. The van der Waals surface area contributed by atoms with Gasteiger partial charge in [0.1, 0.15) is 0 Å². The zero-order valence-electron chi connectivity index (χ0n) is 6.89. The Morgan fingerprint density at radius 2 is 2.40 bits per heavy atom. The summed E-state index contributed by atoms with van der Waals surface area (Å²) in [6.45, 7) is 2.09. The predicted molar refractivity (Wildman–Crippen MR) is 35.7 cm³/mol. The van der Waals surface area contributed by atoms with E-state index in [1.54, 1.807) is 0 Å². The van der Waals surface area contributed by atoms with Gasteiger partial charge < -0.3 is 5.11 Å². The maximum absolute atomic E-state index is 11.0. The maximum atomic E-state index is 11.0. The molecule has 0 bridgehead atoms. The first kappa shape index (κ1) is 10.1. The average molecular weight is 132 g/mol. The molecule has 0 spiro atoms. The second-order valence-electron chi connectivity index (χ2n) is 2.64. The fourth-order valence-electron chi connectivity index (χ4n) is 1.32. The molecule has 0 fully saturated rings. The summed E-state index contributed by atoms with van der Waals surface area (Å²) in [5, 5.41) is 11.0. The Balaban J connectivity index is 0.000000810. The monoisotopic (exact) mass is 132 g/mol. The second kappa shape index (κ2) is 4.88. The molecule has 0 aromatic rings. The minimum absolute atomic E-state index is 0. The SMILES string of the molecule is CCC1CCCC=C1[O-].[Li+]. The van der Waals surface area contributed by atoms with Gasteiger partial charge in [-0.15, -0.1) is 5.76 Å². The molecule has 1 unspecified atom stereocenters. The molecule has 0 aliphatic heterocycles. The first-order chi connectivity index (χ1) is 4.34. The molecule has 2 heteroatoms. The van der Waals surface area contributed by atoms with Crippen molar-refractivity contribution in [3.63, 3.8) is 0 Å². The van der Waals surface area contributed by atoms with Gasteiger partial charge in [0.05, 0.1) is 0 Å². The summed E-state index contributed by atoms with van der Waals surface area (Å²) in [6.07, 6.45) is 6.21. The van der Waals surface area contributed by atoms with E-state index < -0.39 is 0 Å². The fourth-order valence-corrected chi connectivity index (χ4v) is 1.32. The van der Waals surface area contributed by atoms with Gasteiger partial charge in [0, 0.05) is 0 Å². The third-order valence-corrected chi connectivity index (χ3v) is 2.00. The van der Waals surface area contributed by atoms with Crippen LogP contribution >= 0.6 is 0 Å².